The molecule has 0 radical (unpaired) electrons. The highest BCUT2D eigenvalue weighted by atomic mass is 35.5. The lowest BCUT2D eigenvalue weighted by Gasteiger charge is -2.36. The van der Waals surface area contributed by atoms with E-state index in [-0.39, 0.29) is 27.9 Å². The zero-order chi connectivity index (χ0) is 26.5. The number of carbonyl (C=O) groups is 1. The molecule has 194 valence electrons. The molecule has 0 spiro atoms. The number of aromatic nitrogens is 4. The summed E-state index contributed by atoms with van der Waals surface area (Å²) in [5, 5.41) is 0.503. The van der Waals surface area contributed by atoms with E-state index in [1.54, 1.807) is 11.2 Å². The molecule has 2 aromatic heterocycles. The number of rotatable bonds is 3. The number of H-pyrrole nitrogens is 1. The maximum absolute atomic E-state index is 16.3. The van der Waals surface area contributed by atoms with Gasteiger partial charge in [0.1, 0.15) is 23.3 Å². The van der Waals surface area contributed by atoms with Gasteiger partial charge < -0.3 is 24.3 Å². The number of aromatic amines is 1. The van der Waals surface area contributed by atoms with Gasteiger partial charge in [-0.15, -0.1) is 0 Å². The van der Waals surface area contributed by atoms with E-state index in [4.69, 9.17) is 21.1 Å². The van der Waals surface area contributed by atoms with Gasteiger partial charge in [0.05, 0.1) is 34.9 Å². The van der Waals surface area contributed by atoms with Gasteiger partial charge in [-0.1, -0.05) is 17.7 Å². The smallest absolute Gasteiger partial charge is 0.410 e. The Morgan fingerprint density at radius 1 is 1.08 bits per heavy atom. The Hall–Kier alpha value is -3.66. The summed E-state index contributed by atoms with van der Waals surface area (Å²) in [6.45, 7) is 9.19. The van der Waals surface area contributed by atoms with Gasteiger partial charge in [-0.3, -0.25) is 0 Å². The van der Waals surface area contributed by atoms with Crippen molar-refractivity contribution in [3.8, 4) is 16.9 Å². The van der Waals surface area contributed by atoms with Crippen LogP contribution < -0.4 is 9.64 Å². The van der Waals surface area contributed by atoms with Crippen molar-refractivity contribution in [1.29, 1.82) is 0 Å². The molecule has 4 aromatic rings. The Morgan fingerprint density at radius 3 is 2.49 bits per heavy atom. The molecule has 1 saturated heterocycles. The standard InChI is InChI=1S/C26H28ClFN6O3/c1-14-6-7-15-21(30-12-29-15)16(14)17-19(27)23(36-5)18-22(20(17)28)31-13-32-24(18)33-8-10-34(11-9-33)25(35)37-26(2,3)4/h6-7,12-13H,8-11H2,1-5H3,(H,29,30). The first-order valence-electron chi connectivity index (χ1n) is 12.0. The fourth-order valence-electron chi connectivity index (χ4n) is 4.69. The summed E-state index contributed by atoms with van der Waals surface area (Å²) in [5.74, 6) is 0.202. The molecule has 1 amide bonds. The first-order chi connectivity index (χ1) is 17.6. The Morgan fingerprint density at radius 2 is 1.81 bits per heavy atom. The van der Waals surface area contributed by atoms with Crippen molar-refractivity contribution >= 4 is 45.4 Å². The highest BCUT2D eigenvalue weighted by molar-refractivity contribution is 6.37. The maximum atomic E-state index is 16.3. The van der Waals surface area contributed by atoms with Gasteiger partial charge in [0.2, 0.25) is 0 Å². The summed E-state index contributed by atoms with van der Waals surface area (Å²) in [6, 6.07) is 3.78. The fourth-order valence-corrected chi connectivity index (χ4v) is 5.04. The Bertz CT molecular complexity index is 1510. The van der Waals surface area contributed by atoms with E-state index in [9.17, 15) is 4.79 Å². The third kappa shape index (κ3) is 4.39. The van der Waals surface area contributed by atoms with Crippen molar-refractivity contribution in [2.24, 2.45) is 0 Å². The lowest BCUT2D eigenvalue weighted by molar-refractivity contribution is 0.0240. The van der Waals surface area contributed by atoms with Gasteiger partial charge >= 0.3 is 6.09 Å². The zero-order valence-electron chi connectivity index (χ0n) is 21.4. The molecule has 1 aliphatic heterocycles. The molecule has 3 heterocycles. The molecule has 0 bridgehead atoms. The number of anilines is 1. The van der Waals surface area contributed by atoms with Gasteiger partial charge in [0.15, 0.2) is 11.6 Å². The Labute approximate surface area is 218 Å². The van der Waals surface area contributed by atoms with Gasteiger partial charge in [-0.2, -0.15) is 0 Å². The number of piperazine rings is 1. The molecule has 0 saturated carbocycles. The van der Waals surface area contributed by atoms with Gasteiger partial charge in [0, 0.05) is 37.3 Å². The summed E-state index contributed by atoms with van der Waals surface area (Å²) in [7, 11) is 1.49. The molecule has 2 aromatic carbocycles. The summed E-state index contributed by atoms with van der Waals surface area (Å²) in [4.78, 5) is 32.3. The lowest BCUT2D eigenvalue weighted by Crippen LogP contribution is -2.50. The monoisotopic (exact) mass is 526 g/mol. The highest BCUT2D eigenvalue weighted by Gasteiger charge is 2.31. The number of nitrogens with zero attached hydrogens (tertiary/aromatic N) is 5. The van der Waals surface area contributed by atoms with Crippen molar-refractivity contribution < 1.29 is 18.7 Å². The molecule has 11 heteroatoms. The second-order valence-electron chi connectivity index (χ2n) is 9.97. The first-order valence-corrected chi connectivity index (χ1v) is 12.3. The van der Waals surface area contributed by atoms with Crippen LogP contribution in [0.4, 0.5) is 15.0 Å². The van der Waals surface area contributed by atoms with E-state index in [1.807, 2.05) is 44.7 Å². The number of methoxy groups -OCH3 is 1. The quantitative estimate of drug-likeness (QED) is 0.385. The molecule has 1 aliphatic rings. The fraction of sp³-hybridized carbons (Fsp3) is 0.385. The molecular weight excluding hydrogens is 499 g/mol. The average Bonchev–Trinajstić information content (AvgIpc) is 3.33. The lowest BCUT2D eigenvalue weighted by atomic mass is 9.96. The summed E-state index contributed by atoms with van der Waals surface area (Å²) < 4.78 is 27.5. The number of fused-ring (bicyclic) bond motifs is 2. The Kier molecular flexibility index (Phi) is 6.31. The van der Waals surface area contributed by atoms with Crippen molar-refractivity contribution in [3.05, 3.63) is 41.2 Å². The highest BCUT2D eigenvalue weighted by Crippen LogP contribution is 2.47. The maximum Gasteiger partial charge on any atom is 0.410 e. The second kappa shape index (κ2) is 9.33. The molecule has 37 heavy (non-hydrogen) atoms. The predicted molar refractivity (Wildman–Crippen MR) is 141 cm³/mol. The number of benzene rings is 2. The minimum absolute atomic E-state index is 0.0998. The van der Waals surface area contributed by atoms with Crippen LogP contribution in [0.2, 0.25) is 5.02 Å². The van der Waals surface area contributed by atoms with Crippen LogP contribution >= 0.6 is 11.6 Å². The van der Waals surface area contributed by atoms with Crippen molar-refractivity contribution in [2.45, 2.75) is 33.3 Å². The van der Waals surface area contributed by atoms with Gasteiger partial charge in [0.25, 0.3) is 0 Å². The largest absolute Gasteiger partial charge is 0.494 e. The number of ether oxygens (including phenoxy) is 2. The number of carbonyl (C=O) groups excluding carboxylic acids is 1. The summed E-state index contributed by atoms with van der Waals surface area (Å²) in [5.41, 5.74) is 2.47. The van der Waals surface area contributed by atoms with Crippen LogP contribution in [0.15, 0.2) is 24.8 Å². The summed E-state index contributed by atoms with van der Waals surface area (Å²) >= 11 is 6.86. The number of amides is 1. The molecule has 0 unspecified atom stereocenters. The molecule has 9 nitrogen and oxygen atoms in total. The van der Waals surface area contributed by atoms with Crippen molar-refractivity contribution in [2.75, 3.05) is 38.2 Å². The van der Waals surface area contributed by atoms with Gasteiger partial charge in [-0.05, 0) is 39.3 Å². The molecule has 0 atom stereocenters. The van der Waals surface area contributed by atoms with Crippen molar-refractivity contribution in [1.82, 2.24) is 24.8 Å². The van der Waals surface area contributed by atoms with Crippen LogP contribution in [-0.2, 0) is 4.74 Å². The van der Waals surface area contributed by atoms with Crippen LogP contribution in [0.1, 0.15) is 26.3 Å². The van der Waals surface area contributed by atoms with E-state index in [0.717, 1.165) is 11.1 Å². The number of halogens is 2. The topological polar surface area (TPSA) is 96.5 Å². The third-order valence-electron chi connectivity index (χ3n) is 6.39. The molecular formula is C26H28ClFN6O3. The van der Waals surface area contributed by atoms with Crippen molar-refractivity contribution in [3.63, 3.8) is 0 Å². The molecule has 0 aliphatic carbocycles. The normalized spacial score (nSPS) is 14.5. The SMILES string of the molecule is COc1c(Cl)c(-c2c(C)ccc3[nH]cnc23)c(F)c2ncnc(N3CCN(C(=O)OC(C)(C)C)CC3)c12. The minimum atomic E-state index is -0.574. The zero-order valence-corrected chi connectivity index (χ0v) is 22.1. The number of nitrogens with one attached hydrogen (secondary N) is 1. The molecule has 5 rings (SSSR count). The van der Waals surface area contributed by atoms with Crippen LogP contribution in [-0.4, -0.2) is 69.8 Å². The van der Waals surface area contributed by atoms with Crippen LogP contribution in [0, 0.1) is 12.7 Å². The number of imidazole rings is 1. The third-order valence-corrected chi connectivity index (χ3v) is 6.75. The first kappa shape index (κ1) is 25.0. The van der Waals surface area contributed by atoms with Gasteiger partial charge in [-0.25, -0.2) is 24.1 Å². The van der Waals surface area contributed by atoms with E-state index in [1.165, 1.54) is 13.4 Å². The average molecular weight is 527 g/mol. The Balaban J connectivity index is 1.59. The second-order valence-corrected chi connectivity index (χ2v) is 10.3. The van der Waals surface area contributed by atoms with Crippen LogP contribution in [0.3, 0.4) is 0 Å². The predicted octanol–water partition coefficient (Wildman–Crippen LogP) is 5.34. The van der Waals surface area contributed by atoms with E-state index in [2.05, 4.69) is 19.9 Å². The van der Waals surface area contributed by atoms with E-state index < -0.39 is 11.4 Å². The molecule has 1 N–H and O–H groups in total. The van der Waals surface area contributed by atoms with E-state index >= 15 is 4.39 Å². The number of aryl methyl sites for hydroxylation is 1. The number of hydrogen-bond donors (Lipinski definition) is 1. The van der Waals surface area contributed by atoms with Crippen LogP contribution in [0.5, 0.6) is 5.75 Å². The van der Waals surface area contributed by atoms with E-state index in [0.29, 0.717) is 48.5 Å². The number of hydrogen-bond acceptors (Lipinski definition) is 7. The van der Waals surface area contributed by atoms with Crippen LogP contribution in [0.25, 0.3) is 33.1 Å². The molecule has 1 fully saturated rings. The minimum Gasteiger partial charge on any atom is -0.494 e. The summed E-state index contributed by atoms with van der Waals surface area (Å²) in [6.07, 6.45) is 2.54.